The molecule has 0 aliphatic carbocycles. The molecule has 0 unspecified atom stereocenters. The van der Waals surface area contributed by atoms with E-state index < -0.39 is 0 Å². The molecule has 0 aliphatic rings. The molecule has 0 saturated heterocycles. The van der Waals surface area contributed by atoms with Gasteiger partial charge in [0.2, 0.25) is 0 Å². The van der Waals surface area contributed by atoms with Crippen molar-refractivity contribution in [2.75, 3.05) is 20.3 Å². The van der Waals surface area contributed by atoms with Crippen molar-refractivity contribution in [2.45, 2.75) is 0 Å². The van der Waals surface area contributed by atoms with Crippen LogP contribution in [0.15, 0.2) is 48.5 Å². The molecule has 0 atom stereocenters. The Bertz CT molecular complexity index is 639. The Morgan fingerprint density at radius 3 is 2.08 bits per heavy atom. The molecule has 6 nitrogen and oxygen atoms in total. The lowest BCUT2D eigenvalue weighted by Gasteiger charge is -2.08. The summed E-state index contributed by atoms with van der Waals surface area (Å²) in [5.41, 5.74) is 0.500. The summed E-state index contributed by atoms with van der Waals surface area (Å²) >= 11 is 0. The zero-order valence-corrected chi connectivity index (χ0v) is 13.2. The molecule has 0 saturated carbocycles. The molecule has 0 spiro atoms. The fourth-order valence-electron chi connectivity index (χ4n) is 1.65. The van der Waals surface area contributed by atoms with E-state index in [2.05, 4.69) is 0 Å². The van der Waals surface area contributed by atoms with Crippen molar-refractivity contribution < 1.29 is 28.6 Å². The molecule has 0 amide bonds. The Balaban J connectivity index is 0.000000254. The number of carbonyl (C=O) groups excluding carboxylic acids is 3. The highest BCUT2D eigenvalue weighted by Gasteiger charge is 2.04. The highest BCUT2D eigenvalue weighted by Crippen LogP contribution is 2.27. The third-order valence-electron chi connectivity index (χ3n) is 2.69. The highest BCUT2D eigenvalue weighted by atomic mass is 16.5. The predicted octanol–water partition coefficient (Wildman–Crippen LogP) is 2.35. The smallest absolute Gasteiger partial charge is 0.161 e. The Kier molecular flexibility index (Phi) is 8.99. The summed E-state index contributed by atoms with van der Waals surface area (Å²) in [5, 5.41) is 0. The Hall–Kier alpha value is -3.15. The van der Waals surface area contributed by atoms with Gasteiger partial charge in [-0.05, 0) is 30.3 Å². The van der Waals surface area contributed by atoms with Gasteiger partial charge in [-0.3, -0.25) is 14.4 Å². The van der Waals surface area contributed by atoms with Crippen molar-refractivity contribution in [1.82, 2.24) is 0 Å². The van der Waals surface area contributed by atoms with Crippen LogP contribution in [0.25, 0.3) is 0 Å². The van der Waals surface area contributed by atoms with Crippen molar-refractivity contribution >= 4 is 18.9 Å². The lowest BCUT2D eigenvalue weighted by Crippen LogP contribution is -2.00. The first-order chi connectivity index (χ1) is 11.7. The third kappa shape index (κ3) is 6.74. The van der Waals surface area contributed by atoms with Gasteiger partial charge in [0, 0.05) is 5.56 Å². The molecule has 126 valence electrons. The average Bonchev–Trinajstić information content (AvgIpc) is 2.65. The molecule has 0 fully saturated rings. The summed E-state index contributed by atoms with van der Waals surface area (Å²) in [4.78, 5) is 30.4. The minimum Gasteiger partial charge on any atom is -0.493 e. The summed E-state index contributed by atoms with van der Waals surface area (Å²) in [6.07, 6.45) is 2.09. The standard InChI is InChI=1S/C10H10O4.C8H8O2/c1-13-10-6-8(7-12)2-3-9(10)14-5-4-11;9-6-7-10-8-4-2-1-3-5-8/h2-4,6-7H,5H2,1H3;1-6H,7H2. The van der Waals surface area contributed by atoms with Crippen LogP contribution in [-0.2, 0) is 9.59 Å². The molecule has 0 aliphatic heterocycles. The summed E-state index contributed by atoms with van der Waals surface area (Å²) in [7, 11) is 1.47. The van der Waals surface area contributed by atoms with E-state index in [1.54, 1.807) is 18.2 Å². The number of aldehydes is 3. The van der Waals surface area contributed by atoms with Crippen molar-refractivity contribution in [3.05, 3.63) is 54.1 Å². The van der Waals surface area contributed by atoms with E-state index in [4.69, 9.17) is 14.2 Å². The van der Waals surface area contributed by atoms with E-state index >= 15 is 0 Å². The van der Waals surface area contributed by atoms with Gasteiger partial charge in [-0.2, -0.15) is 0 Å². The van der Waals surface area contributed by atoms with E-state index in [1.807, 2.05) is 30.3 Å². The number of para-hydroxylation sites is 1. The highest BCUT2D eigenvalue weighted by molar-refractivity contribution is 5.76. The number of ether oxygens (including phenoxy) is 3. The zero-order valence-electron chi connectivity index (χ0n) is 13.2. The summed E-state index contributed by atoms with van der Waals surface area (Å²) in [6, 6.07) is 14.0. The molecule has 0 N–H and O–H groups in total. The van der Waals surface area contributed by atoms with Gasteiger partial charge in [-0.1, -0.05) is 18.2 Å². The van der Waals surface area contributed by atoms with E-state index in [0.717, 1.165) is 12.0 Å². The van der Waals surface area contributed by atoms with Crippen molar-refractivity contribution in [1.29, 1.82) is 0 Å². The van der Waals surface area contributed by atoms with Crippen LogP contribution < -0.4 is 14.2 Å². The number of benzene rings is 2. The fourth-order valence-corrected chi connectivity index (χ4v) is 1.65. The van der Waals surface area contributed by atoms with Gasteiger partial charge in [0.05, 0.1) is 7.11 Å². The average molecular weight is 330 g/mol. The monoisotopic (exact) mass is 330 g/mol. The minimum absolute atomic E-state index is 0.0310. The van der Waals surface area contributed by atoms with Gasteiger partial charge >= 0.3 is 0 Å². The first-order valence-corrected chi connectivity index (χ1v) is 7.06. The second kappa shape index (κ2) is 11.4. The second-order valence-electron chi connectivity index (χ2n) is 4.30. The quantitative estimate of drug-likeness (QED) is 0.691. The van der Waals surface area contributed by atoms with Crippen molar-refractivity contribution in [2.24, 2.45) is 0 Å². The lowest BCUT2D eigenvalue weighted by atomic mass is 10.2. The largest absolute Gasteiger partial charge is 0.493 e. The van der Waals surface area contributed by atoms with Crippen LogP contribution in [0.4, 0.5) is 0 Å². The van der Waals surface area contributed by atoms with E-state index in [-0.39, 0.29) is 13.2 Å². The van der Waals surface area contributed by atoms with Gasteiger partial charge < -0.3 is 14.2 Å². The van der Waals surface area contributed by atoms with E-state index in [0.29, 0.717) is 29.6 Å². The Morgan fingerprint density at radius 1 is 0.833 bits per heavy atom. The topological polar surface area (TPSA) is 78.9 Å². The Labute approximate surface area is 140 Å². The molecular formula is C18H18O6. The third-order valence-corrected chi connectivity index (χ3v) is 2.69. The number of methoxy groups -OCH3 is 1. The molecule has 2 aromatic rings. The van der Waals surface area contributed by atoms with E-state index in [1.165, 1.54) is 7.11 Å². The molecular weight excluding hydrogens is 312 g/mol. The molecule has 0 aromatic heterocycles. The zero-order chi connectivity index (χ0) is 17.6. The van der Waals surface area contributed by atoms with Crippen LogP contribution in [0.5, 0.6) is 17.2 Å². The molecule has 6 heteroatoms. The maximum absolute atomic E-state index is 10.4. The first kappa shape index (κ1) is 18.9. The maximum Gasteiger partial charge on any atom is 0.161 e. The van der Waals surface area contributed by atoms with Gasteiger partial charge in [-0.15, -0.1) is 0 Å². The Morgan fingerprint density at radius 2 is 1.50 bits per heavy atom. The van der Waals surface area contributed by atoms with Gasteiger partial charge in [0.15, 0.2) is 24.1 Å². The molecule has 24 heavy (non-hydrogen) atoms. The molecule has 0 bridgehead atoms. The van der Waals surface area contributed by atoms with Gasteiger partial charge in [0.1, 0.15) is 25.2 Å². The normalized spacial score (nSPS) is 9.04. The molecule has 2 aromatic carbocycles. The van der Waals surface area contributed by atoms with Crippen molar-refractivity contribution in [3.8, 4) is 17.2 Å². The maximum atomic E-state index is 10.4. The van der Waals surface area contributed by atoms with Crippen LogP contribution in [0.1, 0.15) is 10.4 Å². The second-order valence-corrected chi connectivity index (χ2v) is 4.30. The molecule has 2 rings (SSSR count). The van der Waals surface area contributed by atoms with Crippen LogP contribution >= 0.6 is 0 Å². The van der Waals surface area contributed by atoms with Crippen LogP contribution in [0, 0.1) is 0 Å². The molecule has 0 radical (unpaired) electrons. The van der Waals surface area contributed by atoms with Crippen molar-refractivity contribution in [3.63, 3.8) is 0 Å². The number of hydrogen-bond acceptors (Lipinski definition) is 6. The number of hydrogen-bond donors (Lipinski definition) is 0. The van der Waals surface area contributed by atoms with Crippen LogP contribution in [0.3, 0.4) is 0 Å². The first-order valence-electron chi connectivity index (χ1n) is 7.06. The lowest BCUT2D eigenvalue weighted by molar-refractivity contribution is -0.110. The van der Waals surface area contributed by atoms with Gasteiger partial charge in [-0.25, -0.2) is 0 Å². The van der Waals surface area contributed by atoms with Crippen LogP contribution in [-0.4, -0.2) is 39.2 Å². The number of rotatable bonds is 8. The molecule has 0 heterocycles. The van der Waals surface area contributed by atoms with Crippen LogP contribution in [0.2, 0.25) is 0 Å². The van der Waals surface area contributed by atoms with E-state index in [9.17, 15) is 14.4 Å². The van der Waals surface area contributed by atoms with Gasteiger partial charge in [0.25, 0.3) is 0 Å². The summed E-state index contributed by atoms with van der Waals surface area (Å²) < 4.78 is 15.0. The number of carbonyl (C=O) groups is 3. The SMILES string of the molecule is COc1cc(C=O)ccc1OCC=O.O=CCOc1ccccc1. The summed E-state index contributed by atoms with van der Waals surface area (Å²) in [6.45, 7) is 0.0980. The predicted molar refractivity (Wildman–Crippen MR) is 87.9 cm³/mol. The fraction of sp³-hybridized carbons (Fsp3) is 0.167. The minimum atomic E-state index is -0.0310. The summed E-state index contributed by atoms with van der Waals surface area (Å²) in [5.74, 6) is 1.62.